The Morgan fingerprint density at radius 3 is 2.88 bits per heavy atom. The minimum atomic E-state index is -0.0751. The van der Waals surface area contributed by atoms with Crippen LogP contribution in [-0.4, -0.2) is 26.0 Å². The molecule has 0 unspecified atom stereocenters. The minimum Gasteiger partial charge on any atom is -0.364 e. The molecule has 0 aliphatic carbocycles. The van der Waals surface area contributed by atoms with Crippen molar-refractivity contribution in [2.24, 2.45) is 0 Å². The average molecular weight is 252 g/mol. The van der Waals surface area contributed by atoms with Gasteiger partial charge in [-0.1, -0.05) is 11.6 Å². The van der Waals surface area contributed by atoms with Gasteiger partial charge in [0.1, 0.15) is 6.07 Å². The van der Waals surface area contributed by atoms with Gasteiger partial charge in [-0.05, 0) is 25.1 Å². The number of benzene rings is 1. The molecule has 17 heavy (non-hydrogen) atoms. The Morgan fingerprint density at radius 1 is 1.59 bits per heavy atom. The molecular formula is C12H14ClN3O. The molecule has 0 bridgehead atoms. The largest absolute Gasteiger partial charge is 0.364 e. The summed E-state index contributed by atoms with van der Waals surface area (Å²) < 4.78 is 0. The number of carbonyl (C=O) groups is 1. The second-order valence-corrected chi connectivity index (χ2v) is 4.02. The third-order valence-corrected chi connectivity index (χ3v) is 2.48. The molecule has 0 radical (unpaired) electrons. The van der Waals surface area contributed by atoms with Gasteiger partial charge in [0, 0.05) is 18.6 Å². The fourth-order valence-electron chi connectivity index (χ4n) is 1.48. The van der Waals surface area contributed by atoms with Crippen LogP contribution < -0.4 is 10.2 Å². The number of halogens is 1. The number of hydrogen-bond acceptors (Lipinski definition) is 3. The SMILES string of the molecule is CCNC(=O)CN(C)c1ccc(Cl)cc1C#N. The Labute approximate surface area is 106 Å². The molecule has 0 aliphatic heterocycles. The van der Waals surface area contributed by atoms with Gasteiger partial charge in [0.2, 0.25) is 5.91 Å². The lowest BCUT2D eigenvalue weighted by Crippen LogP contribution is -2.35. The molecule has 0 aromatic heterocycles. The van der Waals surface area contributed by atoms with Crippen molar-refractivity contribution in [2.75, 3.05) is 25.0 Å². The summed E-state index contributed by atoms with van der Waals surface area (Å²) in [5, 5.41) is 12.2. The van der Waals surface area contributed by atoms with E-state index in [4.69, 9.17) is 16.9 Å². The van der Waals surface area contributed by atoms with Crippen molar-refractivity contribution in [2.45, 2.75) is 6.92 Å². The van der Waals surface area contributed by atoms with Gasteiger partial charge in [-0.3, -0.25) is 4.79 Å². The standard InChI is InChI=1S/C12H14ClN3O/c1-3-15-12(17)8-16(2)11-5-4-10(13)6-9(11)7-14/h4-6H,3,8H2,1-2H3,(H,15,17). The average Bonchev–Trinajstić information content (AvgIpc) is 2.28. The maximum absolute atomic E-state index is 11.4. The van der Waals surface area contributed by atoms with Crippen LogP contribution in [0.3, 0.4) is 0 Å². The number of nitrogens with one attached hydrogen (secondary N) is 1. The van der Waals surface area contributed by atoms with E-state index in [1.807, 2.05) is 6.92 Å². The van der Waals surface area contributed by atoms with Gasteiger partial charge in [0.25, 0.3) is 0 Å². The number of nitrogens with zero attached hydrogens (tertiary/aromatic N) is 2. The third kappa shape index (κ3) is 3.65. The normalized spacial score (nSPS) is 9.53. The summed E-state index contributed by atoms with van der Waals surface area (Å²) in [7, 11) is 1.76. The van der Waals surface area contributed by atoms with E-state index in [-0.39, 0.29) is 12.5 Å². The topological polar surface area (TPSA) is 56.1 Å². The highest BCUT2D eigenvalue weighted by Gasteiger charge is 2.10. The zero-order chi connectivity index (χ0) is 12.8. The molecule has 4 nitrogen and oxygen atoms in total. The highest BCUT2D eigenvalue weighted by atomic mass is 35.5. The van der Waals surface area contributed by atoms with Gasteiger partial charge < -0.3 is 10.2 Å². The molecule has 90 valence electrons. The molecule has 0 spiro atoms. The molecule has 5 heteroatoms. The van der Waals surface area contributed by atoms with Crippen LogP contribution in [0.25, 0.3) is 0 Å². The maximum atomic E-state index is 11.4. The number of amides is 1. The molecule has 0 heterocycles. The second-order valence-electron chi connectivity index (χ2n) is 3.58. The molecule has 0 aliphatic rings. The van der Waals surface area contributed by atoms with Crippen LogP contribution in [0.2, 0.25) is 5.02 Å². The first kappa shape index (κ1) is 13.3. The first-order valence-corrected chi connectivity index (χ1v) is 5.63. The Kier molecular flexibility index (Phi) is 4.80. The molecule has 0 fully saturated rings. The molecule has 1 amide bonds. The molecule has 1 aromatic carbocycles. The number of likely N-dealkylation sites (N-methyl/N-ethyl adjacent to an activating group) is 2. The Hall–Kier alpha value is -1.73. The monoisotopic (exact) mass is 251 g/mol. The van der Waals surface area contributed by atoms with Crippen molar-refractivity contribution < 1.29 is 4.79 Å². The summed E-state index contributed by atoms with van der Waals surface area (Å²) in [4.78, 5) is 13.2. The van der Waals surface area contributed by atoms with Crippen molar-refractivity contribution >= 4 is 23.2 Å². The van der Waals surface area contributed by atoms with E-state index in [9.17, 15) is 4.79 Å². The van der Waals surface area contributed by atoms with E-state index in [2.05, 4.69) is 11.4 Å². The first-order chi connectivity index (χ1) is 8.08. The van der Waals surface area contributed by atoms with Crippen LogP contribution in [0.5, 0.6) is 0 Å². The fourth-order valence-corrected chi connectivity index (χ4v) is 1.66. The van der Waals surface area contributed by atoms with Crippen molar-refractivity contribution in [1.82, 2.24) is 5.32 Å². The number of rotatable bonds is 4. The van der Waals surface area contributed by atoms with Crippen molar-refractivity contribution in [3.8, 4) is 6.07 Å². The van der Waals surface area contributed by atoms with Gasteiger partial charge in [-0.2, -0.15) is 5.26 Å². The molecule has 0 saturated carbocycles. The van der Waals surface area contributed by atoms with Crippen LogP contribution in [-0.2, 0) is 4.79 Å². The van der Waals surface area contributed by atoms with Crippen LogP contribution in [0.15, 0.2) is 18.2 Å². The summed E-state index contributed by atoms with van der Waals surface area (Å²) in [6.45, 7) is 2.67. The highest BCUT2D eigenvalue weighted by Crippen LogP contribution is 2.22. The van der Waals surface area contributed by atoms with E-state index in [0.29, 0.717) is 22.8 Å². The van der Waals surface area contributed by atoms with Crippen LogP contribution >= 0.6 is 11.6 Å². The first-order valence-electron chi connectivity index (χ1n) is 5.26. The summed E-state index contributed by atoms with van der Waals surface area (Å²) in [6.07, 6.45) is 0. The number of nitriles is 1. The fraction of sp³-hybridized carbons (Fsp3) is 0.333. The van der Waals surface area contributed by atoms with E-state index in [1.165, 1.54) is 0 Å². The van der Waals surface area contributed by atoms with Gasteiger partial charge in [-0.15, -0.1) is 0 Å². The quantitative estimate of drug-likeness (QED) is 0.888. The predicted octanol–water partition coefficient (Wildman–Crippen LogP) is 1.78. The smallest absolute Gasteiger partial charge is 0.239 e. The lowest BCUT2D eigenvalue weighted by atomic mass is 10.2. The zero-order valence-corrected chi connectivity index (χ0v) is 10.6. The Balaban J connectivity index is 2.86. The summed E-state index contributed by atoms with van der Waals surface area (Å²) in [6, 6.07) is 7.09. The molecule has 0 saturated heterocycles. The van der Waals surface area contributed by atoms with E-state index < -0.39 is 0 Å². The summed E-state index contributed by atoms with van der Waals surface area (Å²) >= 11 is 5.81. The highest BCUT2D eigenvalue weighted by molar-refractivity contribution is 6.30. The van der Waals surface area contributed by atoms with Crippen molar-refractivity contribution in [1.29, 1.82) is 5.26 Å². The maximum Gasteiger partial charge on any atom is 0.239 e. The Bertz CT molecular complexity index is 454. The molecule has 1 aromatic rings. The van der Waals surface area contributed by atoms with Gasteiger partial charge >= 0.3 is 0 Å². The van der Waals surface area contributed by atoms with Crippen LogP contribution in [0, 0.1) is 11.3 Å². The van der Waals surface area contributed by atoms with Crippen molar-refractivity contribution in [3.63, 3.8) is 0 Å². The van der Waals surface area contributed by atoms with Gasteiger partial charge in [0.05, 0.1) is 17.8 Å². The summed E-state index contributed by atoms with van der Waals surface area (Å²) in [5.74, 6) is -0.0751. The lowest BCUT2D eigenvalue weighted by molar-refractivity contribution is -0.119. The number of carbonyl (C=O) groups excluding carboxylic acids is 1. The molecular weight excluding hydrogens is 238 g/mol. The lowest BCUT2D eigenvalue weighted by Gasteiger charge is -2.19. The van der Waals surface area contributed by atoms with E-state index in [0.717, 1.165) is 0 Å². The zero-order valence-electron chi connectivity index (χ0n) is 9.83. The Morgan fingerprint density at radius 2 is 2.29 bits per heavy atom. The van der Waals surface area contributed by atoms with Crippen LogP contribution in [0.4, 0.5) is 5.69 Å². The van der Waals surface area contributed by atoms with Crippen LogP contribution in [0.1, 0.15) is 12.5 Å². The minimum absolute atomic E-state index is 0.0751. The van der Waals surface area contributed by atoms with Gasteiger partial charge in [-0.25, -0.2) is 0 Å². The van der Waals surface area contributed by atoms with Crippen molar-refractivity contribution in [3.05, 3.63) is 28.8 Å². The number of anilines is 1. The van der Waals surface area contributed by atoms with E-state index >= 15 is 0 Å². The molecule has 1 N–H and O–H groups in total. The second kappa shape index (κ2) is 6.12. The van der Waals surface area contributed by atoms with E-state index in [1.54, 1.807) is 30.1 Å². The molecule has 0 atom stereocenters. The number of hydrogen-bond donors (Lipinski definition) is 1. The predicted molar refractivity (Wildman–Crippen MR) is 68.1 cm³/mol. The third-order valence-electron chi connectivity index (χ3n) is 2.25. The summed E-state index contributed by atoms with van der Waals surface area (Å²) in [5.41, 5.74) is 1.16. The van der Waals surface area contributed by atoms with Gasteiger partial charge in [0.15, 0.2) is 0 Å². The molecule has 1 rings (SSSR count).